The second-order valence-corrected chi connectivity index (χ2v) is 12.8. The van der Waals surface area contributed by atoms with Crippen LogP contribution in [0.15, 0.2) is 36.5 Å². The van der Waals surface area contributed by atoms with E-state index in [4.69, 9.17) is 4.74 Å². The molecule has 0 aliphatic carbocycles. The van der Waals surface area contributed by atoms with E-state index in [1.807, 2.05) is 0 Å². The minimum atomic E-state index is 0.0244. The highest BCUT2D eigenvalue weighted by molar-refractivity contribution is 9.09. The highest BCUT2D eigenvalue weighted by Crippen LogP contribution is 2.27. The summed E-state index contributed by atoms with van der Waals surface area (Å²) in [4.78, 5) is 12.9. The molecule has 0 N–H and O–H groups in total. The van der Waals surface area contributed by atoms with Crippen molar-refractivity contribution < 1.29 is 9.53 Å². The molecule has 0 aromatic rings. The molecule has 41 heavy (non-hydrogen) atoms. The van der Waals surface area contributed by atoms with Crippen LogP contribution in [0.3, 0.4) is 0 Å². The molecule has 0 saturated heterocycles. The molecule has 0 fully saturated rings. The summed E-state index contributed by atoms with van der Waals surface area (Å²) in [6, 6.07) is 0. The predicted molar refractivity (Wildman–Crippen MR) is 187 cm³/mol. The maximum Gasteiger partial charge on any atom is 0.306 e. The maximum atomic E-state index is 12.9. The molecule has 0 aliphatic rings. The van der Waals surface area contributed by atoms with E-state index in [9.17, 15) is 4.79 Å². The average Bonchev–Trinajstić information content (AvgIpc) is 2.97. The van der Waals surface area contributed by atoms with Crippen molar-refractivity contribution >= 4 is 21.9 Å². The van der Waals surface area contributed by atoms with E-state index in [2.05, 4.69) is 73.2 Å². The highest BCUT2D eigenvalue weighted by Gasteiger charge is 2.24. The van der Waals surface area contributed by atoms with E-state index in [0.717, 1.165) is 69.5 Å². The molecule has 0 aliphatic heterocycles. The van der Waals surface area contributed by atoms with Crippen LogP contribution in [0.5, 0.6) is 0 Å². The van der Waals surface area contributed by atoms with Crippen LogP contribution in [0.25, 0.3) is 0 Å². The topological polar surface area (TPSA) is 26.3 Å². The number of carbonyl (C=O) groups excluding carboxylic acids is 1. The predicted octanol–water partition coefficient (Wildman–Crippen LogP) is 13.4. The Balaban J connectivity index is 5.09. The van der Waals surface area contributed by atoms with Gasteiger partial charge in [-0.05, 0) is 115 Å². The van der Waals surface area contributed by atoms with Crippen LogP contribution >= 0.6 is 15.9 Å². The van der Waals surface area contributed by atoms with Crippen LogP contribution in [0.2, 0.25) is 0 Å². The number of rotatable bonds is 31. The van der Waals surface area contributed by atoms with Crippen LogP contribution < -0.4 is 0 Å². The van der Waals surface area contributed by atoms with E-state index < -0.39 is 0 Å². The standard InChI is InChI=1S/C38H69BrO2/c1-4-7-10-13-16-19-22-26-31-36(32-27-23-20-17-14-11-8-5-2)37(41-38(40)34-29-25-30-35-39)33-28-24-21-18-15-12-9-6-3/h16-21,36-37H,4-15,22-35H2,1-3H3/b19-16-,20-17?,21-18?. The minimum absolute atomic E-state index is 0.0244. The molecule has 0 aromatic heterocycles. The highest BCUT2D eigenvalue weighted by atomic mass is 79.9. The summed E-state index contributed by atoms with van der Waals surface area (Å²) in [5.74, 6) is 0.494. The van der Waals surface area contributed by atoms with Gasteiger partial charge in [-0.25, -0.2) is 0 Å². The van der Waals surface area contributed by atoms with E-state index in [1.165, 1.54) is 89.9 Å². The molecule has 0 aromatic carbocycles. The molecular formula is C38H69BrO2. The lowest BCUT2D eigenvalue weighted by molar-refractivity contribution is -0.153. The van der Waals surface area contributed by atoms with Crippen molar-refractivity contribution in [1.29, 1.82) is 0 Å². The van der Waals surface area contributed by atoms with Crippen molar-refractivity contribution in [2.75, 3.05) is 5.33 Å². The number of ether oxygens (including phenoxy) is 1. The first-order valence-corrected chi connectivity index (χ1v) is 19.0. The molecule has 2 nitrogen and oxygen atoms in total. The van der Waals surface area contributed by atoms with E-state index >= 15 is 0 Å². The van der Waals surface area contributed by atoms with Crippen molar-refractivity contribution in [2.45, 2.75) is 187 Å². The zero-order valence-corrected chi connectivity index (χ0v) is 29.3. The van der Waals surface area contributed by atoms with Crippen molar-refractivity contribution in [2.24, 2.45) is 5.92 Å². The number of esters is 1. The molecule has 0 amide bonds. The molecule has 0 rings (SSSR count). The molecule has 2 unspecified atom stereocenters. The third-order valence-corrected chi connectivity index (χ3v) is 8.56. The van der Waals surface area contributed by atoms with Crippen molar-refractivity contribution in [1.82, 2.24) is 0 Å². The zero-order chi connectivity index (χ0) is 30.1. The smallest absolute Gasteiger partial charge is 0.306 e. The van der Waals surface area contributed by atoms with Crippen molar-refractivity contribution in [3.63, 3.8) is 0 Å². The van der Waals surface area contributed by atoms with E-state index in [0.29, 0.717) is 12.3 Å². The zero-order valence-electron chi connectivity index (χ0n) is 27.7. The summed E-state index contributed by atoms with van der Waals surface area (Å²) in [6.07, 6.45) is 43.6. The first-order valence-electron chi connectivity index (χ1n) is 17.9. The molecule has 240 valence electrons. The van der Waals surface area contributed by atoms with Gasteiger partial charge in [-0.1, -0.05) is 118 Å². The third kappa shape index (κ3) is 29.0. The van der Waals surface area contributed by atoms with Crippen LogP contribution in [0.4, 0.5) is 0 Å². The van der Waals surface area contributed by atoms with Crippen LogP contribution in [0, 0.1) is 5.92 Å². The maximum absolute atomic E-state index is 12.9. The molecule has 0 radical (unpaired) electrons. The van der Waals surface area contributed by atoms with Gasteiger partial charge in [0.1, 0.15) is 6.10 Å². The molecule has 2 atom stereocenters. The second-order valence-electron chi connectivity index (χ2n) is 12.0. The average molecular weight is 638 g/mol. The van der Waals surface area contributed by atoms with Gasteiger partial charge in [0.15, 0.2) is 0 Å². The number of hydrogen-bond acceptors (Lipinski definition) is 2. The summed E-state index contributed by atoms with van der Waals surface area (Å²) in [7, 11) is 0. The fourth-order valence-corrected chi connectivity index (χ4v) is 5.75. The van der Waals surface area contributed by atoms with Gasteiger partial charge in [0.2, 0.25) is 0 Å². The van der Waals surface area contributed by atoms with E-state index in [1.54, 1.807) is 0 Å². The van der Waals surface area contributed by atoms with Crippen LogP contribution in [0.1, 0.15) is 181 Å². The lowest BCUT2D eigenvalue weighted by Gasteiger charge is -2.27. The van der Waals surface area contributed by atoms with Gasteiger partial charge in [0, 0.05) is 11.8 Å². The first kappa shape index (κ1) is 40.2. The van der Waals surface area contributed by atoms with Gasteiger partial charge in [0.05, 0.1) is 0 Å². The number of halogens is 1. The van der Waals surface area contributed by atoms with Gasteiger partial charge in [-0.15, -0.1) is 0 Å². The number of hydrogen-bond donors (Lipinski definition) is 0. The van der Waals surface area contributed by atoms with Crippen LogP contribution in [-0.4, -0.2) is 17.4 Å². The van der Waals surface area contributed by atoms with Crippen molar-refractivity contribution in [3.05, 3.63) is 36.5 Å². The Morgan fingerprint density at radius 2 is 0.951 bits per heavy atom. The lowest BCUT2D eigenvalue weighted by atomic mass is 9.87. The normalized spacial score (nSPS) is 13.6. The monoisotopic (exact) mass is 636 g/mol. The van der Waals surface area contributed by atoms with Crippen molar-refractivity contribution in [3.8, 4) is 0 Å². The summed E-state index contributed by atoms with van der Waals surface area (Å²) >= 11 is 3.50. The Hall–Kier alpha value is -0.830. The molecule has 0 heterocycles. The number of carbonyl (C=O) groups is 1. The van der Waals surface area contributed by atoms with Gasteiger partial charge in [-0.3, -0.25) is 4.79 Å². The molecule has 0 saturated carbocycles. The Labute approximate surface area is 265 Å². The molecule has 0 bridgehead atoms. The summed E-state index contributed by atoms with van der Waals surface area (Å²) in [5, 5.41) is 1.01. The first-order chi connectivity index (χ1) is 20.2. The van der Waals surface area contributed by atoms with E-state index in [-0.39, 0.29) is 12.1 Å². The Morgan fingerprint density at radius 3 is 1.37 bits per heavy atom. The molecule has 3 heteroatoms. The quantitative estimate of drug-likeness (QED) is 0.0327. The largest absolute Gasteiger partial charge is 0.462 e. The fourth-order valence-electron chi connectivity index (χ4n) is 5.35. The fraction of sp³-hybridized carbons (Fsp3) is 0.816. The second kappa shape index (κ2) is 33.7. The Kier molecular flexibility index (Phi) is 33.0. The van der Waals surface area contributed by atoms with Gasteiger partial charge < -0.3 is 4.74 Å². The minimum Gasteiger partial charge on any atom is -0.462 e. The van der Waals surface area contributed by atoms with Gasteiger partial charge in [0.25, 0.3) is 0 Å². The summed E-state index contributed by atoms with van der Waals surface area (Å²) < 4.78 is 6.29. The Morgan fingerprint density at radius 1 is 0.537 bits per heavy atom. The number of unbranched alkanes of at least 4 members (excludes halogenated alkanes) is 14. The third-order valence-electron chi connectivity index (χ3n) is 8.00. The van der Waals surface area contributed by atoms with Crippen LogP contribution in [-0.2, 0) is 9.53 Å². The summed E-state index contributed by atoms with van der Waals surface area (Å²) in [6.45, 7) is 6.79. The lowest BCUT2D eigenvalue weighted by Crippen LogP contribution is -2.27. The van der Waals surface area contributed by atoms with Gasteiger partial charge >= 0.3 is 5.97 Å². The molecular weight excluding hydrogens is 568 g/mol. The number of alkyl halides is 1. The number of allylic oxidation sites excluding steroid dienone is 6. The van der Waals surface area contributed by atoms with Gasteiger partial charge in [-0.2, -0.15) is 0 Å². The Bertz CT molecular complexity index is 598. The molecule has 0 spiro atoms. The summed E-state index contributed by atoms with van der Waals surface area (Å²) in [5.41, 5.74) is 0. The SMILES string of the molecule is CCCCCC=CCCCC(CCC/C=C\CCCCC)C(CCCC=CCCCCC)OC(=O)CCCCCBr.